The lowest BCUT2D eigenvalue weighted by atomic mass is 10.2. The molecule has 2 aliphatic rings. The van der Waals surface area contributed by atoms with Gasteiger partial charge in [0.15, 0.2) is 0 Å². The molecule has 1 aromatic carbocycles. The minimum absolute atomic E-state index is 0.0973. The van der Waals surface area contributed by atoms with Gasteiger partial charge in [-0.1, -0.05) is 23.2 Å². The van der Waals surface area contributed by atoms with Gasteiger partial charge in [-0.05, 0) is 18.2 Å². The molecular weight excluding hydrogens is 311 g/mol. The van der Waals surface area contributed by atoms with E-state index in [1.807, 2.05) is 0 Å². The summed E-state index contributed by atoms with van der Waals surface area (Å²) < 4.78 is 11.4. The summed E-state index contributed by atoms with van der Waals surface area (Å²) in [6, 6.07) is 3.42. The van der Waals surface area contributed by atoms with Crippen LogP contribution in [0.15, 0.2) is 18.2 Å². The largest absolute Gasteiger partial charge is 0.332 e. The van der Waals surface area contributed by atoms with Gasteiger partial charge in [0.1, 0.15) is 6.04 Å². The zero-order valence-corrected chi connectivity index (χ0v) is 11.8. The number of fused-ring (bicyclic) bond motifs is 1. The smallest absolute Gasteiger partial charge is 0.299 e. The van der Waals surface area contributed by atoms with Crippen LogP contribution in [0.2, 0.25) is 10.0 Å². The Morgan fingerprint density at radius 1 is 1.16 bits per heavy atom. The number of rotatable bonds is 1. The quantitative estimate of drug-likeness (QED) is 0.742. The highest BCUT2D eigenvalue weighted by atomic mass is 35.5. The van der Waals surface area contributed by atoms with Gasteiger partial charge in [0.2, 0.25) is 0 Å². The van der Waals surface area contributed by atoms with Crippen LogP contribution in [0.25, 0.3) is 0 Å². The number of anilines is 1. The second-order valence-corrected chi connectivity index (χ2v) is 6.65. The first kappa shape index (κ1) is 12.9. The second kappa shape index (κ2) is 4.47. The maximum absolute atomic E-state index is 12.2. The average molecular weight is 319 g/mol. The molecule has 19 heavy (non-hydrogen) atoms. The molecule has 0 bridgehead atoms. The molecule has 100 valence electrons. The van der Waals surface area contributed by atoms with Gasteiger partial charge in [-0.3, -0.25) is 13.9 Å². The number of halogens is 2. The van der Waals surface area contributed by atoms with Crippen LogP contribution in [0, 0.1) is 0 Å². The Labute approximate surface area is 121 Å². The highest BCUT2D eigenvalue weighted by Gasteiger charge is 2.50. The highest BCUT2D eigenvalue weighted by Crippen LogP contribution is 2.32. The fourth-order valence-electron chi connectivity index (χ4n) is 2.23. The van der Waals surface area contributed by atoms with E-state index >= 15 is 0 Å². The van der Waals surface area contributed by atoms with Crippen LogP contribution in [0.5, 0.6) is 0 Å². The number of benzene rings is 1. The average Bonchev–Trinajstić information content (AvgIpc) is 2.78. The van der Waals surface area contributed by atoms with Crippen molar-refractivity contribution >= 4 is 51.6 Å². The number of urea groups is 1. The first-order valence-corrected chi connectivity index (χ1v) is 7.67. The first-order valence-electron chi connectivity index (χ1n) is 5.43. The van der Waals surface area contributed by atoms with Crippen molar-refractivity contribution in [2.75, 3.05) is 16.5 Å². The lowest BCUT2D eigenvalue weighted by molar-refractivity contribution is -0.118. The van der Waals surface area contributed by atoms with Gasteiger partial charge < -0.3 is 0 Å². The molecule has 2 fully saturated rings. The second-order valence-electron chi connectivity index (χ2n) is 4.31. The van der Waals surface area contributed by atoms with Crippen molar-refractivity contribution in [2.24, 2.45) is 0 Å². The van der Waals surface area contributed by atoms with Crippen LogP contribution in [0.4, 0.5) is 10.5 Å². The van der Waals surface area contributed by atoms with Crippen LogP contribution < -0.4 is 4.90 Å². The Bertz CT molecular complexity index is 576. The van der Waals surface area contributed by atoms with Crippen molar-refractivity contribution < 1.29 is 13.8 Å². The Kier molecular flexibility index (Phi) is 3.03. The van der Waals surface area contributed by atoms with Crippen molar-refractivity contribution in [1.29, 1.82) is 0 Å². The zero-order valence-electron chi connectivity index (χ0n) is 9.51. The third kappa shape index (κ3) is 2.04. The van der Waals surface area contributed by atoms with E-state index in [4.69, 9.17) is 23.2 Å². The maximum atomic E-state index is 12.2. The number of carbonyl (C=O) groups excluding carboxylic acids is 2. The molecule has 8 heteroatoms. The molecule has 2 aliphatic heterocycles. The SMILES string of the molecule is O=C1C2CS(=O)CN2C(=O)N1c1cc(Cl)cc(Cl)c1. The number of hydrogen-bond acceptors (Lipinski definition) is 3. The lowest BCUT2D eigenvalue weighted by Crippen LogP contribution is -2.33. The molecular formula is C11H8Cl2N2O3S. The minimum Gasteiger partial charge on any atom is -0.299 e. The van der Waals surface area contributed by atoms with Gasteiger partial charge in [0.05, 0.1) is 17.3 Å². The Morgan fingerprint density at radius 3 is 2.37 bits per heavy atom. The number of amides is 3. The molecule has 0 aliphatic carbocycles. The molecule has 0 radical (unpaired) electrons. The summed E-state index contributed by atoms with van der Waals surface area (Å²) in [5.74, 6) is -0.0933. The number of imide groups is 1. The molecule has 1 aromatic rings. The predicted octanol–water partition coefficient (Wildman–Crippen LogP) is 1.85. The van der Waals surface area contributed by atoms with E-state index in [1.54, 1.807) is 0 Å². The molecule has 2 atom stereocenters. The van der Waals surface area contributed by atoms with E-state index in [1.165, 1.54) is 23.1 Å². The minimum atomic E-state index is -1.15. The van der Waals surface area contributed by atoms with E-state index in [0.29, 0.717) is 15.7 Å². The maximum Gasteiger partial charge on any atom is 0.332 e. The van der Waals surface area contributed by atoms with Gasteiger partial charge in [0.25, 0.3) is 5.91 Å². The summed E-state index contributed by atoms with van der Waals surface area (Å²) in [6.45, 7) is 0. The molecule has 5 nitrogen and oxygen atoms in total. The molecule has 3 rings (SSSR count). The molecule has 0 N–H and O–H groups in total. The van der Waals surface area contributed by atoms with Crippen LogP contribution in [-0.2, 0) is 15.6 Å². The molecule has 3 amide bonds. The van der Waals surface area contributed by atoms with Crippen molar-refractivity contribution in [3.63, 3.8) is 0 Å². The van der Waals surface area contributed by atoms with Gasteiger partial charge in [-0.25, -0.2) is 9.69 Å². The monoisotopic (exact) mass is 318 g/mol. The Hall–Kier alpha value is -1.11. The van der Waals surface area contributed by atoms with Crippen LogP contribution >= 0.6 is 23.2 Å². The highest BCUT2D eigenvalue weighted by molar-refractivity contribution is 7.85. The van der Waals surface area contributed by atoms with Crippen molar-refractivity contribution in [1.82, 2.24) is 4.90 Å². The lowest BCUT2D eigenvalue weighted by Gasteiger charge is -2.15. The summed E-state index contributed by atoms with van der Waals surface area (Å²) in [7, 11) is -1.15. The van der Waals surface area contributed by atoms with E-state index in [-0.39, 0.29) is 17.5 Å². The molecule has 2 heterocycles. The first-order chi connectivity index (χ1) is 8.97. The summed E-state index contributed by atoms with van der Waals surface area (Å²) in [5, 5.41) is 0.692. The molecule has 0 aromatic heterocycles. The molecule has 2 saturated heterocycles. The number of carbonyl (C=O) groups is 2. The number of hydrogen-bond donors (Lipinski definition) is 0. The van der Waals surface area contributed by atoms with Crippen molar-refractivity contribution in [3.8, 4) is 0 Å². The summed E-state index contributed by atoms with van der Waals surface area (Å²) in [4.78, 5) is 26.8. The normalized spacial score (nSPS) is 26.2. The third-order valence-electron chi connectivity index (χ3n) is 3.05. The van der Waals surface area contributed by atoms with Gasteiger partial charge in [0, 0.05) is 20.8 Å². The topological polar surface area (TPSA) is 57.7 Å². The standard InChI is InChI=1S/C11H8Cl2N2O3S/c12-6-1-7(13)3-8(2-6)15-10(16)9-4-19(18)5-14(9)11(15)17/h1-3,9H,4-5H2. The predicted molar refractivity (Wildman–Crippen MR) is 72.8 cm³/mol. The summed E-state index contributed by atoms with van der Waals surface area (Å²) in [5.41, 5.74) is 0.340. The van der Waals surface area contributed by atoms with Crippen molar-refractivity contribution in [2.45, 2.75) is 6.04 Å². The summed E-state index contributed by atoms with van der Waals surface area (Å²) >= 11 is 11.7. The Balaban J connectivity index is 2.01. The molecule has 0 saturated carbocycles. The van der Waals surface area contributed by atoms with Crippen molar-refractivity contribution in [3.05, 3.63) is 28.2 Å². The van der Waals surface area contributed by atoms with Gasteiger partial charge >= 0.3 is 6.03 Å². The van der Waals surface area contributed by atoms with Gasteiger partial charge in [-0.15, -0.1) is 0 Å². The van der Waals surface area contributed by atoms with E-state index in [9.17, 15) is 13.8 Å². The van der Waals surface area contributed by atoms with Crippen LogP contribution in [0.3, 0.4) is 0 Å². The van der Waals surface area contributed by atoms with E-state index in [0.717, 1.165) is 4.90 Å². The van der Waals surface area contributed by atoms with Crippen LogP contribution in [-0.4, -0.2) is 38.7 Å². The zero-order chi connectivity index (χ0) is 13.7. The van der Waals surface area contributed by atoms with Gasteiger partial charge in [-0.2, -0.15) is 0 Å². The van der Waals surface area contributed by atoms with Crippen LogP contribution in [0.1, 0.15) is 0 Å². The Morgan fingerprint density at radius 2 is 1.79 bits per heavy atom. The van der Waals surface area contributed by atoms with E-state index < -0.39 is 22.9 Å². The summed E-state index contributed by atoms with van der Waals surface area (Å²) in [6.07, 6.45) is 0. The molecule has 0 spiro atoms. The fraction of sp³-hybridized carbons (Fsp3) is 0.273. The molecule has 2 unspecified atom stereocenters. The number of nitrogens with zero attached hydrogens (tertiary/aromatic N) is 2. The van der Waals surface area contributed by atoms with E-state index in [2.05, 4.69) is 0 Å². The fourth-order valence-corrected chi connectivity index (χ4v) is 4.13. The third-order valence-corrected chi connectivity index (χ3v) is 4.74.